The minimum atomic E-state index is -0.684. The van der Waals surface area contributed by atoms with E-state index < -0.39 is 11.9 Å². The fourth-order valence-electron chi connectivity index (χ4n) is 3.30. The van der Waals surface area contributed by atoms with Gasteiger partial charge in [0.05, 0.1) is 6.33 Å². The molecule has 0 aromatic carbocycles. The Morgan fingerprint density at radius 1 is 0.893 bits per heavy atom. The number of hydrogen-bond acceptors (Lipinski definition) is 3. The second-order valence-electron chi connectivity index (χ2n) is 7.43. The van der Waals surface area contributed by atoms with Gasteiger partial charge in [0.1, 0.15) is 5.69 Å². The Labute approximate surface area is 169 Å². The smallest absolute Gasteiger partial charge is 0.303 e. The zero-order chi connectivity index (χ0) is 20.5. The number of aliphatic carboxylic acids is 1. The van der Waals surface area contributed by atoms with E-state index in [0.717, 1.165) is 50.6 Å². The summed E-state index contributed by atoms with van der Waals surface area (Å²) in [5, 5.41) is 8.56. The summed E-state index contributed by atoms with van der Waals surface area (Å²) in [7, 11) is 0. The van der Waals surface area contributed by atoms with Gasteiger partial charge in [0, 0.05) is 12.1 Å². The molecular formula is C22H37N3O3. The molecule has 0 saturated carbocycles. The lowest BCUT2D eigenvalue weighted by atomic mass is 10.1. The zero-order valence-corrected chi connectivity index (χ0v) is 17.1. The highest BCUT2D eigenvalue weighted by Gasteiger charge is 2.10. The number of carbonyl (C=O) groups is 2. The number of allylic oxidation sites excluding steroid dienone is 2. The summed E-state index contributed by atoms with van der Waals surface area (Å²) >= 11 is 0. The van der Waals surface area contributed by atoms with Crippen molar-refractivity contribution in [3.63, 3.8) is 0 Å². The molecule has 0 atom stereocenters. The minimum Gasteiger partial charge on any atom is -0.481 e. The van der Waals surface area contributed by atoms with E-state index in [-0.39, 0.29) is 0 Å². The molecule has 4 N–H and O–H groups in total. The quantitative estimate of drug-likeness (QED) is 0.237. The van der Waals surface area contributed by atoms with Gasteiger partial charge in [0.2, 0.25) is 0 Å². The molecule has 28 heavy (non-hydrogen) atoms. The number of H-pyrrole nitrogens is 1. The highest BCUT2D eigenvalue weighted by Crippen LogP contribution is 2.12. The van der Waals surface area contributed by atoms with E-state index >= 15 is 0 Å². The average molecular weight is 392 g/mol. The zero-order valence-electron chi connectivity index (χ0n) is 17.1. The Kier molecular flexibility index (Phi) is 13.6. The number of nitrogens with one attached hydrogen (secondary N) is 1. The molecular weight excluding hydrogens is 354 g/mol. The molecule has 0 aliphatic carbocycles. The summed E-state index contributed by atoms with van der Waals surface area (Å²) in [5.74, 6) is -1.14. The lowest BCUT2D eigenvalue weighted by molar-refractivity contribution is -0.137. The fourth-order valence-corrected chi connectivity index (χ4v) is 3.30. The molecule has 1 aromatic heterocycles. The van der Waals surface area contributed by atoms with Gasteiger partial charge in [-0.05, 0) is 44.9 Å². The van der Waals surface area contributed by atoms with Crippen LogP contribution in [0.1, 0.15) is 106 Å². The third-order valence-electron chi connectivity index (χ3n) is 4.93. The number of carbonyl (C=O) groups excluding carboxylic acids is 1. The predicted molar refractivity (Wildman–Crippen MR) is 112 cm³/mol. The molecule has 0 aliphatic heterocycles. The minimum absolute atomic E-state index is 0.306. The number of hydrogen-bond donors (Lipinski definition) is 3. The van der Waals surface area contributed by atoms with Gasteiger partial charge in [0.15, 0.2) is 0 Å². The van der Waals surface area contributed by atoms with Crippen molar-refractivity contribution in [3.8, 4) is 0 Å². The highest BCUT2D eigenvalue weighted by atomic mass is 16.4. The van der Waals surface area contributed by atoms with Crippen LogP contribution >= 0.6 is 0 Å². The Balaban J connectivity index is 1.83. The van der Waals surface area contributed by atoms with Gasteiger partial charge in [-0.2, -0.15) is 0 Å². The van der Waals surface area contributed by atoms with Crippen LogP contribution in [-0.2, 0) is 11.2 Å². The number of nitrogens with zero attached hydrogens (tertiary/aromatic N) is 1. The summed E-state index contributed by atoms with van der Waals surface area (Å²) in [5.41, 5.74) is 6.52. The van der Waals surface area contributed by atoms with Crippen molar-refractivity contribution < 1.29 is 14.7 Å². The van der Waals surface area contributed by atoms with Crippen LogP contribution in [0.3, 0.4) is 0 Å². The van der Waals surface area contributed by atoms with Gasteiger partial charge < -0.3 is 15.8 Å². The molecule has 0 spiro atoms. The Hall–Kier alpha value is -2.11. The van der Waals surface area contributed by atoms with E-state index in [4.69, 9.17) is 10.8 Å². The van der Waals surface area contributed by atoms with Gasteiger partial charge in [-0.3, -0.25) is 9.59 Å². The van der Waals surface area contributed by atoms with Crippen LogP contribution in [0.25, 0.3) is 0 Å². The summed E-state index contributed by atoms with van der Waals surface area (Å²) in [4.78, 5) is 28.5. The molecule has 1 aromatic rings. The SMILES string of the molecule is NC(=O)c1nc[nH]c1CCCCCCCC/C=C\CCCCCCCC(=O)O. The first-order valence-electron chi connectivity index (χ1n) is 10.8. The number of amides is 1. The van der Waals surface area contributed by atoms with Crippen molar-refractivity contribution in [2.75, 3.05) is 0 Å². The molecule has 6 nitrogen and oxygen atoms in total. The Bertz CT molecular complexity index is 581. The molecule has 1 amide bonds. The van der Waals surface area contributed by atoms with Crippen molar-refractivity contribution in [1.82, 2.24) is 9.97 Å². The van der Waals surface area contributed by atoms with Crippen LogP contribution in [0.15, 0.2) is 18.5 Å². The summed E-state index contributed by atoms with van der Waals surface area (Å²) < 4.78 is 0. The molecule has 1 rings (SSSR count). The number of imidazole rings is 1. The number of nitrogens with two attached hydrogens (primary N) is 1. The largest absolute Gasteiger partial charge is 0.481 e. The van der Waals surface area contributed by atoms with Crippen molar-refractivity contribution in [2.24, 2.45) is 5.73 Å². The van der Waals surface area contributed by atoms with E-state index in [0.29, 0.717) is 12.1 Å². The molecule has 0 fully saturated rings. The topological polar surface area (TPSA) is 109 Å². The monoisotopic (exact) mass is 391 g/mol. The number of aromatic nitrogens is 2. The van der Waals surface area contributed by atoms with Crippen molar-refractivity contribution in [3.05, 3.63) is 29.9 Å². The number of carboxylic acid groups (broad SMARTS) is 1. The maximum Gasteiger partial charge on any atom is 0.303 e. The summed E-state index contributed by atoms with van der Waals surface area (Å²) in [6.07, 6.45) is 22.2. The molecule has 0 aliphatic rings. The van der Waals surface area contributed by atoms with Crippen LogP contribution in [0, 0.1) is 0 Å². The lowest BCUT2D eigenvalue weighted by Crippen LogP contribution is -2.13. The van der Waals surface area contributed by atoms with Crippen LogP contribution < -0.4 is 5.73 Å². The van der Waals surface area contributed by atoms with Crippen molar-refractivity contribution in [2.45, 2.75) is 96.3 Å². The van der Waals surface area contributed by atoms with E-state index in [9.17, 15) is 9.59 Å². The second-order valence-corrected chi connectivity index (χ2v) is 7.43. The number of aryl methyl sites for hydroxylation is 1. The second kappa shape index (κ2) is 15.9. The summed E-state index contributed by atoms with van der Waals surface area (Å²) in [6.45, 7) is 0. The first kappa shape index (κ1) is 23.9. The van der Waals surface area contributed by atoms with Crippen LogP contribution in [0.5, 0.6) is 0 Å². The van der Waals surface area contributed by atoms with Crippen LogP contribution in [-0.4, -0.2) is 27.0 Å². The van der Waals surface area contributed by atoms with Gasteiger partial charge in [-0.15, -0.1) is 0 Å². The normalized spacial score (nSPS) is 11.3. The third kappa shape index (κ3) is 12.3. The molecule has 0 bridgehead atoms. The van der Waals surface area contributed by atoms with Gasteiger partial charge in [0.25, 0.3) is 5.91 Å². The number of rotatable bonds is 18. The number of carboxylic acids is 1. The molecule has 0 unspecified atom stereocenters. The summed E-state index contributed by atoms with van der Waals surface area (Å²) in [6, 6.07) is 0. The Morgan fingerprint density at radius 3 is 2.00 bits per heavy atom. The first-order chi connectivity index (χ1) is 13.6. The van der Waals surface area contributed by atoms with Gasteiger partial charge in [-0.25, -0.2) is 4.98 Å². The highest BCUT2D eigenvalue weighted by molar-refractivity contribution is 5.91. The maximum absolute atomic E-state index is 11.2. The van der Waals surface area contributed by atoms with E-state index in [1.54, 1.807) is 0 Å². The van der Waals surface area contributed by atoms with Crippen molar-refractivity contribution in [1.29, 1.82) is 0 Å². The molecule has 0 saturated heterocycles. The average Bonchev–Trinajstić information content (AvgIpc) is 3.13. The molecule has 158 valence electrons. The van der Waals surface area contributed by atoms with Crippen LogP contribution in [0.4, 0.5) is 0 Å². The molecule has 1 heterocycles. The lowest BCUT2D eigenvalue weighted by Gasteiger charge is -2.02. The Morgan fingerprint density at radius 2 is 1.43 bits per heavy atom. The van der Waals surface area contributed by atoms with E-state index in [1.165, 1.54) is 51.3 Å². The van der Waals surface area contributed by atoms with Crippen LogP contribution in [0.2, 0.25) is 0 Å². The number of aromatic amines is 1. The number of primary amides is 1. The maximum atomic E-state index is 11.2. The molecule has 6 heteroatoms. The standard InChI is InChI=1S/C22H37N3O3/c23-22(28)21-19(24-18-25-21)16-14-12-10-8-6-4-2-1-3-5-7-9-11-13-15-17-20(26)27/h1,3,18H,2,4-17H2,(H2,23,28)(H,24,25)(H,26,27)/b3-1-. The van der Waals surface area contributed by atoms with Gasteiger partial charge >= 0.3 is 5.97 Å². The first-order valence-corrected chi connectivity index (χ1v) is 10.8. The van der Waals surface area contributed by atoms with Crippen molar-refractivity contribution >= 4 is 11.9 Å². The third-order valence-corrected chi connectivity index (χ3v) is 4.93. The fraction of sp³-hybridized carbons (Fsp3) is 0.682. The van der Waals surface area contributed by atoms with Gasteiger partial charge in [-0.1, -0.05) is 57.1 Å². The predicted octanol–water partition coefficient (Wildman–Crippen LogP) is 5.15. The van der Waals surface area contributed by atoms with E-state index in [2.05, 4.69) is 22.1 Å². The number of unbranched alkanes of at least 4 members (excludes halogenated alkanes) is 11. The molecule has 0 radical (unpaired) electrons. The van der Waals surface area contributed by atoms with E-state index in [1.807, 2.05) is 0 Å².